The lowest BCUT2D eigenvalue weighted by Gasteiger charge is -2.14. The molecule has 0 atom stereocenters. The van der Waals surface area contributed by atoms with E-state index in [0.29, 0.717) is 38.1 Å². The molecule has 0 spiro atoms. The van der Waals surface area contributed by atoms with E-state index in [4.69, 9.17) is 9.15 Å². The van der Waals surface area contributed by atoms with Gasteiger partial charge in [-0.2, -0.15) is 0 Å². The predicted molar refractivity (Wildman–Crippen MR) is 112 cm³/mol. The van der Waals surface area contributed by atoms with Gasteiger partial charge in [0.1, 0.15) is 0 Å². The number of anilines is 3. The Balaban J connectivity index is 1.53. The van der Waals surface area contributed by atoms with E-state index in [9.17, 15) is 4.79 Å². The van der Waals surface area contributed by atoms with Gasteiger partial charge in [-0.25, -0.2) is 9.78 Å². The molecular weight excluding hydrogens is 368 g/mol. The Labute approximate surface area is 169 Å². The molecule has 0 radical (unpaired) electrons. The Kier molecular flexibility index (Phi) is 5.48. The standard InChI is InChI=1S/C22H24N4O3/c1-3-28-14-16-8-7-15(2)19(11-16)25-21-24-13-20(29-21)17-5-4-6-18(12-17)26-10-9-23-22(26)27/h4-8,11-13H,3,9-10,14H2,1-2H3,(H,23,27)(H,24,25). The van der Waals surface area contributed by atoms with Gasteiger partial charge in [-0.1, -0.05) is 24.3 Å². The van der Waals surface area contributed by atoms with E-state index >= 15 is 0 Å². The molecule has 150 valence electrons. The minimum Gasteiger partial charge on any atom is -0.423 e. The fraction of sp³-hybridized carbons (Fsp3) is 0.273. The van der Waals surface area contributed by atoms with Gasteiger partial charge in [0.2, 0.25) is 0 Å². The average Bonchev–Trinajstić information content (AvgIpc) is 3.38. The third-order valence-corrected chi connectivity index (χ3v) is 4.82. The summed E-state index contributed by atoms with van der Waals surface area (Å²) in [5.74, 6) is 0.636. The van der Waals surface area contributed by atoms with Crippen LogP contribution < -0.4 is 15.5 Å². The van der Waals surface area contributed by atoms with Gasteiger partial charge in [-0.05, 0) is 43.2 Å². The van der Waals surface area contributed by atoms with Crippen molar-refractivity contribution in [2.24, 2.45) is 0 Å². The summed E-state index contributed by atoms with van der Waals surface area (Å²) in [7, 11) is 0. The number of carbonyl (C=O) groups excluding carboxylic acids is 1. The molecule has 1 aromatic heterocycles. The highest BCUT2D eigenvalue weighted by Crippen LogP contribution is 2.29. The minimum atomic E-state index is -0.0792. The highest BCUT2D eigenvalue weighted by molar-refractivity contribution is 5.94. The summed E-state index contributed by atoms with van der Waals surface area (Å²) in [4.78, 5) is 18.0. The number of rotatable bonds is 7. The normalized spacial score (nSPS) is 13.6. The molecule has 0 unspecified atom stereocenters. The molecule has 2 N–H and O–H groups in total. The number of aryl methyl sites for hydroxylation is 1. The molecule has 29 heavy (non-hydrogen) atoms. The largest absolute Gasteiger partial charge is 0.423 e. The van der Waals surface area contributed by atoms with Crippen LogP contribution in [0.3, 0.4) is 0 Å². The van der Waals surface area contributed by atoms with Crippen molar-refractivity contribution < 1.29 is 13.9 Å². The number of nitrogens with one attached hydrogen (secondary N) is 2. The Bertz CT molecular complexity index is 1010. The summed E-state index contributed by atoms with van der Waals surface area (Å²) in [6.45, 7) is 6.56. The van der Waals surface area contributed by atoms with Gasteiger partial charge in [-0.15, -0.1) is 0 Å². The molecular formula is C22H24N4O3. The van der Waals surface area contributed by atoms with Crippen molar-refractivity contribution in [2.45, 2.75) is 20.5 Å². The van der Waals surface area contributed by atoms with Crippen LogP contribution >= 0.6 is 0 Å². The summed E-state index contributed by atoms with van der Waals surface area (Å²) in [6, 6.07) is 14.2. The molecule has 1 saturated heterocycles. The van der Waals surface area contributed by atoms with Gasteiger partial charge in [0, 0.05) is 36.6 Å². The van der Waals surface area contributed by atoms with Crippen LogP contribution in [0.1, 0.15) is 18.1 Å². The molecule has 7 nitrogen and oxygen atoms in total. The van der Waals surface area contributed by atoms with Crippen LogP contribution in [0.15, 0.2) is 53.1 Å². The van der Waals surface area contributed by atoms with Gasteiger partial charge in [0.15, 0.2) is 5.76 Å². The Morgan fingerprint density at radius 3 is 2.97 bits per heavy atom. The first-order valence-electron chi connectivity index (χ1n) is 9.70. The molecule has 1 aliphatic rings. The van der Waals surface area contributed by atoms with Gasteiger partial charge >= 0.3 is 6.03 Å². The molecule has 1 fully saturated rings. The number of ether oxygens (including phenoxy) is 1. The zero-order valence-electron chi connectivity index (χ0n) is 16.6. The van der Waals surface area contributed by atoms with Crippen LogP contribution in [0.5, 0.6) is 0 Å². The second-order valence-corrected chi connectivity index (χ2v) is 6.87. The van der Waals surface area contributed by atoms with Crippen molar-refractivity contribution in [1.82, 2.24) is 10.3 Å². The first-order valence-corrected chi connectivity index (χ1v) is 9.70. The fourth-order valence-electron chi connectivity index (χ4n) is 3.24. The van der Waals surface area contributed by atoms with Crippen molar-refractivity contribution in [3.05, 3.63) is 59.8 Å². The van der Waals surface area contributed by atoms with E-state index in [1.807, 2.05) is 50.2 Å². The number of amides is 2. The molecule has 2 aromatic carbocycles. The Morgan fingerprint density at radius 1 is 1.28 bits per heavy atom. The SMILES string of the molecule is CCOCc1ccc(C)c(Nc2ncc(-c3cccc(N4CCNC4=O)c3)o2)c1. The van der Waals surface area contributed by atoms with Crippen LogP contribution in [-0.2, 0) is 11.3 Å². The lowest BCUT2D eigenvalue weighted by molar-refractivity contribution is 0.134. The van der Waals surface area contributed by atoms with Crippen molar-refractivity contribution in [2.75, 3.05) is 29.9 Å². The highest BCUT2D eigenvalue weighted by atomic mass is 16.5. The van der Waals surface area contributed by atoms with Crippen molar-refractivity contribution in [3.8, 4) is 11.3 Å². The van der Waals surface area contributed by atoms with E-state index in [-0.39, 0.29) is 6.03 Å². The monoisotopic (exact) mass is 392 g/mol. The lowest BCUT2D eigenvalue weighted by atomic mass is 10.1. The molecule has 7 heteroatoms. The summed E-state index contributed by atoms with van der Waals surface area (Å²) >= 11 is 0. The van der Waals surface area contributed by atoms with E-state index in [1.54, 1.807) is 11.1 Å². The summed E-state index contributed by atoms with van der Waals surface area (Å²) in [5, 5.41) is 6.06. The zero-order valence-corrected chi connectivity index (χ0v) is 16.6. The average molecular weight is 392 g/mol. The number of benzene rings is 2. The first-order chi connectivity index (χ1) is 14.1. The van der Waals surface area contributed by atoms with Crippen LogP contribution in [0.4, 0.5) is 22.2 Å². The third-order valence-electron chi connectivity index (χ3n) is 4.82. The zero-order chi connectivity index (χ0) is 20.2. The molecule has 1 aliphatic heterocycles. The first kappa shape index (κ1) is 19.0. The summed E-state index contributed by atoms with van der Waals surface area (Å²) < 4.78 is 11.4. The van der Waals surface area contributed by atoms with Gasteiger partial charge in [-0.3, -0.25) is 4.90 Å². The minimum absolute atomic E-state index is 0.0792. The quantitative estimate of drug-likeness (QED) is 0.621. The molecule has 0 aliphatic carbocycles. The smallest absolute Gasteiger partial charge is 0.321 e. The van der Waals surface area contributed by atoms with Gasteiger partial charge in [0.05, 0.1) is 12.8 Å². The van der Waals surface area contributed by atoms with E-state index in [1.165, 1.54) is 0 Å². The van der Waals surface area contributed by atoms with Crippen LogP contribution in [-0.4, -0.2) is 30.7 Å². The lowest BCUT2D eigenvalue weighted by Crippen LogP contribution is -2.27. The number of aromatic nitrogens is 1. The van der Waals surface area contributed by atoms with Crippen molar-refractivity contribution >= 4 is 23.4 Å². The maximum atomic E-state index is 11.9. The fourth-order valence-corrected chi connectivity index (χ4v) is 3.24. The second kappa shape index (κ2) is 8.36. The molecule has 0 bridgehead atoms. The number of hydrogen-bond acceptors (Lipinski definition) is 5. The second-order valence-electron chi connectivity index (χ2n) is 6.87. The number of hydrogen-bond donors (Lipinski definition) is 2. The van der Waals surface area contributed by atoms with Crippen LogP contribution in [0.25, 0.3) is 11.3 Å². The van der Waals surface area contributed by atoms with E-state index in [0.717, 1.165) is 28.1 Å². The number of carbonyl (C=O) groups is 1. The molecule has 4 rings (SSSR count). The van der Waals surface area contributed by atoms with Gasteiger partial charge < -0.3 is 19.8 Å². The maximum Gasteiger partial charge on any atom is 0.321 e. The predicted octanol–water partition coefficient (Wildman–Crippen LogP) is 4.46. The van der Waals surface area contributed by atoms with Crippen molar-refractivity contribution in [3.63, 3.8) is 0 Å². The van der Waals surface area contributed by atoms with E-state index in [2.05, 4.69) is 21.7 Å². The third kappa shape index (κ3) is 4.25. The number of urea groups is 1. The topological polar surface area (TPSA) is 79.6 Å². The number of nitrogens with zero attached hydrogens (tertiary/aromatic N) is 2. The maximum absolute atomic E-state index is 11.9. The Morgan fingerprint density at radius 2 is 2.17 bits per heavy atom. The molecule has 2 amide bonds. The summed E-state index contributed by atoms with van der Waals surface area (Å²) in [6.07, 6.45) is 1.69. The highest BCUT2D eigenvalue weighted by Gasteiger charge is 2.21. The van der Waals surface area contributed by atoms with Crippen LogP contribution in [0.2, 0.25) is 0 Å². The van der Waals surface area contributed by atoms with Crippen LogP contribution in [0, 0.1) is 6.92 Å². The van der Waals surface area contributed by atoms with Gasteiger partial charge in [0.25, 0.3) is 6.01 Å². The molecule has 0 saturated carbocycles. The van der Waals surface area contributed by atoms with Crippen molar-refractivity contribution in [1.29, 1.82) is 0 Å². The molecule has 3 aromatic rings. The molecule has 2 heterocycles. The summed E-state index contributed by atoms with van der Waals surface area (Å²) in [5.41, 5.74) is 4.81. The Hall–Kier alpha value is -3.32. The van der Waals surface area contributed by atoms with E-state index < -0.39 is 0 Å². The number of oxazole rings is 1.